The standard InChI is InChI=1S/C34H45ClN2O2.C4H8/c1-3-4-5-6-7-8-9-10-11-12-13-14-15-16-22-27-39-34(38)32-28(2)33(29-23-18-17-19-24-29)37(36-32)31-26-21-20-25-30(31)35;1-2-4-3-1/h9-10,17-21,23-26H,3-8,11-16,22,27H2,1-2H3;1-4H2/b10-9+;. The summed E-state index contributed by atoms with van der Waals surface area (Å²) in [5, 5.41) is 5.24. The Balaban J connectivity index is 0.00000116. The van der Waals surface area contributed by atoms with Gasteiger partial charge in [0.2, 0.25) is 0 Å². The monoisotopic (exact) mass is 604 g/mol. The van der Waals surface area contributed by atoms with Crippen molar-refractivity contribution in [1.82, 2.24) is 9.78 Å². The molecular weight excluding hydrogens is 552 g/mol. The van der Waals surface area contributed by atoms with Crippen molar-refractivity contribution in [2.75, 3.05) is 6.61 Å². The number of nitrogens with zero attached hydrogens (tertiary/aromatic N) is 2. The predicted octanol–water partition coefficient (Wildman–Crippen LogP) is 11.9. The van der Waals surface area contributed by atoms with Crippen molar-refractivity contribution in [3.05, 3.63) is 83.0 Å². The van der Waals surface area contributed by atoms with Crippen molar-refractivity contribution in [1.29, 1.82) is 0 Å². The minimum absolute atomic E-state index is 0.336. The fourth-order valence-electron chi connectivity index (χ4n) is 5.08. The van der Waals surface area contributed by atoms with E-state index < -0.39 is 0 Å². The molecule has 3 aromatic rings. The van der Waals surface area contributed by atoms with E-state index in [4.69, 9.17) is 16.3 Å². The molecule has 234 valence electrons. The number of esters is 1. The number of aromatic nitrogens is 2. The van der Waals surface area contributed by atoms with Crippen LogP contribution in [-0.2, 0) is 4.74 Å². The highest BCUT2D eigenvalue weighted by Gasteiger charge is 2.23. The Hall–Kier alpha value is -2.85. The molecule has 0 saturated heterocycles. The van der Waals surface area contributed by atoms with Crippen LogP contribution in [0.1, 0.15) is 132 Å². The van der Waals surface area contributed by atoms with Crippen LogP contribution in [0.5, 0.6) is 0 Å². The molecule has 43 heavy (non-hydrogen) atoms. The van der Waals surface area contributed by atoms with Gasteiger partial charge in [0.25, 0.3) is 0 Å². The van der Waals surface area contributed by atoms with Gasteiger partial charge >= 0.3 is 5.97 Å². The number of para-hydroxylation sites is 1. The Morgan fingerprint density at radius 3 is 1.95 bits per heavy atom. The average Bonchev–Trinajstić information content (AvgIpc) is 3.33. The van der Waals surface area contributed by atoms with Gasteiger partial charge in [0, 0.05) is 11.1 Å². The third-order valence-corrected chi connectivity index (χ3v) is 8.40. The van der Waals surface area contributed by atoms with Crippen LogP contribution in [0.4, 0.5) is 0 Å². The summed E-state index contributed by atoms with van der Waals surface area (Å²) in [6, 6.07) is 17.5. The highest BCUT2D eigenvalue weighted by Crippen LogP contribution is 2.31. The summed E-state index contributed by atoms with van der Waals surface area (Å²) in [4.78, 5) is 13.0. The predicted molar refractivity (Wildman–Crippen MR) is 182 cm³/mol. The number of rotatable bonds is 18. The molecule has 4 rings (SSSR count). The highest BCUT2D eigenvalue weighted by atomic mass is 35.5. The van der Waals surface area contributed by atoms with Gasteiger partial charge in [-0.05, 0) is 51.2 Å². The largest absolute Gasteiger partial charge is 0.461 e. The van der Waals surface area contributed by atoms with Crippen LogP contribution in [0.2, 0.25) is 5.02 Å². The summed E-state index contributed by atoms with van der Waals surface area (Å²) in [6.07, 6.45) is 26.8. The number of halogens is 1. The number of hydrogen-bond donors (Lipinski definition) is 0. The number of carbonyl (C=O) groups is 1. The lowest BCUT2D eigenvalue weighted by atomic mass is 10.0. The minimum atomic E-state index is -0.382. The molecule has 1 aliphatic rings. The lowest BCUT2D eigenvalue weighted by Crippen LogP contribution is -2.09. The summed E-state index contributed by atoms with van der Waals surface area (Å²) in [5.41, 5.74) is 3.68. The maximum atomic E-state index is 13.0. The van der Waals surface area contributed by atoms with Gasteiger partial charge < -0.3 is 4.74 Å². The summed E-state index contributed by atoms with van der Waals surface area (Å²) in [5.74, 6) is -0.382. The second-order valence-electron chi connectivity index (χ2n) is 11.7. The number of benzene rings is 2. The van der Waals surface area contributed by atoms with Gasteiger partial charge in [-0.3, -0.25) is 0 Å². The minimum Gasteiger partial charge on any atom is -0.461 e. The first-order valence-electron chi connectivity index (χ1n) is 16.9. The maximum Gasteiger partial charge on any atom is 0.359 e. The van der Waals surface area contributed by atoms with Gasteiger partial charge in [-0.25, -0.2) is 9.48 Å². The molecule has 2 aromatic carbocycles. The Morgan fingerprint density at radius 1 is 0.791 bits per heavy atom. The van der Waals surface area contributed by atoms with Gasteiger partial charge in [-0.15, -0.1) is 0 Å². The molecule has 0 amide bonds. The van der Waals surface area contributed by atoms with E-state index in [1.165, 1.54) is 96.3 Å². The van der Waals surface area contributed by atoms with Crippen molar-refractivity contribution < 1.29 is 9.53 Å². The average molecular weight is 605 g/mol. The van der Waals surface area contributed by atoms with Crippen LogP contribution in [0, 0.1) is 6.92 Å². The number of carbonyl (C=O) groups excluding carboxylic acids is 1. The number of unbranched alkanes of at least 4 members (excludes halogenated alkanes) is 11. The van der Waals surface area contributed by atoms with E-state index in [1.54, 1.807) is 4.68 Å². The van der Waals surface area contributed by atoms with E-state index in [0.29, 0.717) is 17.3 Å². The fourth-order valence-corrected chi connectivity index (χ4v) is 5.29. The van der Waals surface area contributed by atoms with Crippen LogP contribution >= 0.6 is 11.6 Å². The smallest absolute Gasteiger partial charge is 0.359 e. The van der Waals surface area contributed by atoms with E-state index in [-0.39, 0.29) is 5.97 Å². The Labute approximate surface area is 265 Å². The molecule has 0 bridgehead atoms. The van der Waals surface area contributed by atoms with Crippen LogP contribution in [0.15, 0.2) is 66.7 Å². The summed E-state index contributed by atoms with van der Waals surface area (Å²) in [6.45, 7) is 4.60. The SMILES string of the molecule is C1CCC1.CCCCCCC/C=C/CCCCCCCCOC(=O)c1nn(-c2ccccc2Cl)c(-c2ccccc2)c1C. The molecule has 0 spiro atoms. The lowest BCUT2D eigenvalue weighted by molar-refractivity contribution is 0.0489. The molecule has 0 aliphatic heterocycles. The van der Waals surface area contributed by atoms with Gasteiger partial charge in [-0.2, -0.15) is 5.10 Å². The van der Waals surface area contributed by atoms with Crippen LogP contribution in [0.3, 0.4) is 0 Å². The topological polar surface area (TPSA) is 44.1 Å². The van der Waals surface area contributed by atoms with Gasteiger partial charge in [-0.1, -0.05) is 150 Å². The van der Waals surface area contributed by atoms with Gasteiger partial charge in [0.15, 0.2) is 5.69 Å². The van der Waals surface area contributed by atoms with Crippen molar-refractivity contribution >= 4 is 17.6 Å². The summed E-state index contributed by atoms with van der Waals surface area (Å²) in [7, 11) is 0. The third kappa shape index (κ3) is 12.3. The molecule has 0 N–H and O–H groups in total. The molecule has 1 aromatic heterocycles. The summed E-state index contributed by atoms with van der Waals surface area (Å²) < 4.78 is 7.39. The van der Waals surface area contributed by atoms with Crippen LogP contribution in [0.25, 0.3) is 16.9 Å². The maximum absolute atomic E-state index is 13.0. The molecule has 5 heteroatoms. The van der Waals surface area contributed by atoms with Crippen molar-refractivity contribution in [3.8, 4) is 16.9 Å². The number of allylic oxidation sites excluding steroid dienone is 2. The Bertz CT molecular complexity index is 1210. The second kappa shape index (κ2) is 21.0. The molecule has 1 saturated carbocycles. The molecule has 1 aliphatic carbocycles. The zero-order valence-corrected chi connectivity index (χ0v) is 27.4. The van der Waals surface area contributed by atoms with E-state index in [1.807, 2.05) is 61.5 Å². The summed E-state index contributed by atoms with van der Waals surface area (Å²) >= 11 is 6.49. The Kier molecular flexibility index (Phi) is 16.9. The Morgan fingerprint density at radius 2 is 1.35 bits per heavy atom. The van der Waals surface area contributed by atoms with E-state index in [2.05, 4.69) is 24.2 Å². The fraction of sp³-hybridized carbons (Fsp3) is 0.526. The lowest BCUT2D eigenvalue weighted by Gasteiger charge is -2.10. The van der Waals surface area contributed by atoms with Crippen molar-refractivity contribution in [2.45, 2.75) is 123 Å². The first-order chi connectivity index (χ1) is 21.1. The van der Waals surface area contributed by atoms with Gasteiger partial charge in [0.05, 0.1) is 23.0 Å². The highest BCUT2D eigenvalue weighted by molar-refractivity contribution is 6.32. The van der Waals surface area contributed by atoms with E-state index in [0.717, 1.165) is 35.3 Å². The van der Waals surface area contributed by atoms with E-state index >= 15 is 0 Å². The molecular formula is C38H53ClN2O2. The second-order valence-corrected chi connectivity index (χ2v) is 12.1. The molecule has 1 fully saturated rings. The normalized spacial score (nSPS) is 12.5. The van der Waals surface area contributed by atoms with Gasteiger partial charge in [0.1, 0.15) is 0 Å². The molecule has 0 unspecified atom stereocenters. The molecule has 4 nitrogen and oxygen atoms in total. The van der Waals surface area contributed by atoms with Crippen molar-refractivity contribution in [2.24, 2.45) is 0 Å². The molecule has 1 heterocycles. The molecule has 0 radical (unpaired) electrons. The first kappa shape index (κ1) is 34.6. The van der Waals surface area contributed by atoms with E-state index in [9.17, 15) is 4.79 Å². The quantitative estimate of drug-likeness (QED) is 0.0823. The van der Waals surface area contributed by atoms with Crippen LogP contribution < -0.4 is 0 Å². The third-order valence-electron chi connectivity index (χ3n) is 8.08. The van der Waals surface area contributed by atoms with Crippen molar-refractivity contribution in [3.63, 3.8) is 0 Å². The number of ether oxygens (including phenoxy) is 1. The van der Waals surface area contributed by atoms with Crippen LogP contribution in [-0.4, -0.2) is 22.4 Å². The zero-order valence-electron chi connectivity index (χ0n) is 26.7. The first-order valence-corrected chi connectivity index (χ1v) is 17.2. The zero-order chi connectivity index (χ0) is 30.5. The number of hydrogen-bond acceptors (Lipinski definition) is 3. The molecule has 0 atom stereocenters.